The molecule has 1 saturated carbocycles. The molecule has 0 spiro atoms. The topological polar surface area (TPSA) is 94.3 Å². The van der Waals surface area contributed by atoms with Crippen molar-refractivity contribution in [2.45, 2.75) is 25.1 Å². The van der Waals surface area contributed by atoms with Gasteiger partial charge in [-0.1, -0.05) is 0 Å². The maximum atomic E-state index is 13.8. The number of alkyl halides is 1. The molecule has 9 heteroatoms. The van der Waals surface area contributed by atoms with Crippen molar-refractivity contribution >= 4 is 28.5 Å². The van der Waals surface area contributed by atoms with Crippen molar-refractivity contribution < 1.29 is 8.78 Å². The summed E-state index contributed by atoms with van der Waals surface area (Å²) in [7, 11) is 0. The molecule has 1 fully saturated rings. The van der Waals surface area contributed by atoms with Crippen molar-refractivity contribution in [2.24, 2.45) is 0 Å². The number of hydrogen-bond acceptors (Lipinski definition) is 5. The summed E-state index contributed by atoms with van der Waals surface area (Å²) >= 11 is 0. The normalized spacial score (nSPS) is 18.4. The molecule has 7 nitrogen and oxygen atoms in total. The molecule has 5 rings (SSSR count). The highest BCUT2D eigenvalue weighted by atomic mass is 19.1. The van der Waals surface area contributed by atoms with Gasteiger partial charge in [-0.25, -0.2) is 13.8 Å². The zero-order valence-corrected chi connectivity index (χ0v) is 14.7. The molecule has 0 unspecified atom stereocenters. The number of halogens is 2. The van der Waals surface area contributed by atoms with Gasteiger partial charge in [0, 0.05) is 47.5 Å². The Bertz CT molecular complexity index is 1140. The fourth-order valence-corrected chi connectivity index (χ4v) is 3.25. The van der Waals surface area contributed by atoms with Crippen LogP contribution in [0.3, 0.4) is 0 Å². The average molecular weight is 381 g/mol. The van der Waals surface area contributed by atoms with Gasteiger partial charge in [-0.15, -0.1) is 0 Å². The number of fused-ring (bicyclic) bond motifs is 1. The first kappa shape index (κ1) is 16.7. The largest absolute Gasteiger partial charge is 0.361 e. The lowest BCUT2D eigenvalue weighted by Crippen LogP contribution is -2.05. The number of H-pyrrole nitrogens is 2. The smallest absolute Gasteiger partial charge is 0.224 e. The number of rotatable bonds is 6. The van der Waals surface area contributed by atoms with Crippen LogP contribution in [0.5, 0.6) is 0 Å². The van der Waals surface area contributed by atoms with E-state index in [1.54, 1.807) is 24.5 Å². The average Bonchev–Trinajstić information content (AvgIpc) is 3.07. The van der Waals surface area contributed by atoms with Crippen LogP contribution in [-0.4, -0.2) is 31.3 Å². The van der Waals surface area contributed by atoms with Gasteiger partial charge in [0.05, 0.1) is 0 Å². The van der Waals surface area contributed by atoms with Gasteiger partial charge in [0.25, 0.3) is 0 Å². The Morgan fingerprint density at radius 2 is 2.07 bits per heavy atom. The van der Waals surface area contributed by atoms with E-state index in [1.807, 2.05) is 6.07 Å². The molecule has 4 N–H and O–H groups in total. The second-order valence-corrected chi connectivity index (χ2v) is 6.81. The van der Waals surface area contributed by atoms with Gasteiger partial charge in [0.2, 0.25) is 5.95 Å². The van der Waals surface area contributed by atoms with Crippen molar-refractivity contribution in [3.05, 3.63) is 59.8 Å². The van der Waals surface area contributed by atoms with E-state index >= 15 is 0 Å². The third kappa shape index (κ3) is 3.26. The Balaban J connectivity index is 1.29. The lowest BCUT2D eigenvalue weighted by molar-refractivity contribution is 0.466. The van der Waals surface area contributed by atoms with Crippen molar-refractivity contribution in [1.29, 1.82) is 0 Å². The number of anilines is 3. The van der Waals surface area contributed by atoms with Crippen LogP contribution < -0.4 is 10.6 Å². The minimum absolute atomic E-state index is 0.0813. The summed E-state index contributed by atoms with van der Waals surface area (Å²) in [5.41, 5.74) is 2.33. The summed E-state index contributed by atoms with van der Waals surface area (Å²) in [5, 5.41) is 14.1. The van der Waals surface area contributed by atoms with Crippen molar-refractivity contribution in [1.82, 2.24) is 25.1 Å². The second-order valence-electron chi connectivity index (χ2n) is 6.81. The van der Waals surface area contributed by atoms with Gasteiger partial charge >= 0.3 is 0 Å². The molecule has 0 amide bonds. The van der Waals surface area contributed by atoms with Crippen molar-refractivity contribution in [2.75, 3.05) is 10.6 Å². The van der Waals surface area contributed by atoms with E-state index < -0.39 is 6.17 Å². The summed E-state index contributed by atoms with van der Waals surface area (Å²) in [6, 6.07) is 8.36. The first-order chi connectivity index (χ1) is 13.7. The van der Waals surface area contributed by atoms with Crippen LogP contribution in [0.15, 0.2) is 42.7 Å². The Kier molecular flexibility index (Phi) is 3.92. The number of hydrogen-bond donors (Lipinski definition) is 4. The van der Waals surface area contributed by atoms with Crippen LogP contribution in [-0.2, 0) is 6.54 Å². The number of benzene rings is 1. The highest BCUT2D eigenvalue weighted by molar-refractivity contribution is 5.83. The first-order valence-corrected chi connectivity index (χ1v) is 8.94. The molecule has 0 bridgehead atoms. The van der Waals surface area contributed by atoms with Gasteiger partial charge in [-0.2, -0.15) is 10.1 Å². The zero-order chi connectivity index (χ0) is 19.1. The molecule has 3 aromatic heterocycles. The van der Waals surface area contributed by atoms with E-state index in [1.165, 1.54) is 12.1 Å². The van der Waals surface area contributed by atoms with Gasteiger partial charge in [-0.05, 0) is 36.2 Å². The fourth-order valence-electron chi connectivity index (χ4n) is 3.25. The molecule has 1 aromatic carbocycles. The lowest BCUT2D eigenvalue weighted by Gasteiger charge is -2.08. The first-order valence-electron chi connectivity index (χ1n) is 8.94. The zero-order valence-electron chi connectivity index (χ0n) is 14.7. The van der Waals surface area contributed by atoms with E-state index in [0.717, 1.165) is 22.2 Å². The molecule has 1 aliphatic rings. The molecular formula is C19H17F2N7. The molecule has 4 aromatic rings. The predicted molar refractivity (Wildman–Crippen MR) is 102 cm³/mol. The third-order valence-corrected chi connectivity index (χ3v) is 4.78. The van der Waals surface area contributed by atoms with E-state index in [-0.39, 0.29) is 11.7 Å². The molecule has 0 radical (unpaired) electrons. The highest BCUT2D eigenvalue weighted by Gasteiger charge is 2.40. The molecule has 3 heterocycles. The van der Waals surface area contributed by atoms with E-state index in [9.17, 15) is 8.78 Å². The number of nitrogens with one attached hydrogen (secondary N) is 4. The van der Waals surface area contributed by atoms with E-state index in [0.29, 0.717) is 30.5 Å². The Labute approximate surface area is 158 Å². The molecule has 142 valence electrons. The minimum Gasteiger partial charge on any atom is -0.361 e. The molecule has 1 aliphatic carbocycles. The molecule has 0 aliphatic heterocycles. The van der Waals surface area contributed by atoms with E-state index in [2.05, 4.69) is 35.8 Å². The summed E-state index contributed by atoms with van der Waals surface area (Å²) < 4.78 is 26.9. The second kappa shape index (κ2) is 6.59. The van der Waals surface area contributed by atoms with Gasteiger partial charge in [-0.3, -0.25) is 5.10 Å². The summed E-state index contributed by atoms with van der Waals surface area (Å²) in [4.78, 5) is 11.6. The van der Waals surface area contributed by atoms with Crippen molar-refractivity contribution in [3.8, 4) is 0 Å². The maximum Gasteiger partial charge on any atom is 0.224 e. The highest BCUT2D eigenvalue weighted by Crippen LogP contribution is 2.43. The number of nitrogens with zero attached hydrogens (tertiary/aromatic N) is 3. The van der Waals surface area contributed by atoms with E-state index in [4.69, 9.17) is 0 Å². The van der Waals surface area contributed by atoms with Crippen LogP contribution in [0.4, 0.5) is 26.4 Å². The summed E-state index contributed by atoms with van der Waals surface area (Å²) in [6.07, 6.45) is 3.15. The van der Waals surface area contributed by atoms with Crippen LogP contribution in [0.1, 0.15) is 23.6 Å². The molecular weight excluding hydrogens is 364 g/mol. The summed E-state index contributed by atoms with van der Waals surface area (Å²) in [5.74, 6) is 1.14. The fraction of sp³-hybridized carbons (Fsp3) is 0.211. The monoisotopic (exact) mass is 381 g/mol. The molecule has 28 heavy (non-hydrogen) atoms. The Hall–Kier alpha value is -3.49. The molecule has 0 saturated heterocycles. The lowest BCUT2D eigenvalue weighted by atomic mass is 10.1. The van der Waals surface area contributed by atoms with Crippen LogP contribution in [0.25, 0.3) is 10.9 Å². The Morgan fingerprint density at radius 3 is 2.93 bits per heavy atom. The van der Waals surface area contributed by atoms with Crippen LogP contribution in [0.2, 0.25) is 0 Å². The number of aromatic amines is 2. The number of aromatic nitrogens is 5. The van der Waals surface area contributed by atoms with Gasteiger partial charge < -0.3 is 15.6 Å². The van der Waals surface area contributed by atoms with Crippen LogP contribution >= 0.6 is 0 Å². The maximum absolute atomic E-state index is 13.8. The SMILES string of the molecule is Fc1cc(CNc2nccc(Nc3cc([C@H]4C[C@@H]4F)[nH]n3)n2)c2cc[nH]c2c1. The van der Waals surface area contributed by atoms with Gasteiger partial charge in [0.1, 0.15) is 17.8 Å². The Morgan fingerprint density at radius 1 is 1.18 bits per heavy atom. The third-order valence-electron chi connectivity index (χ3n) is 4.78. The van der Waals surface area contributed by atoms with Crippen LogP contribution in [0, 0.1) is 5.82 Å². The van der Waals surface area contributed by atoms with Crippen molar-refractivity contribution in [3.63, 3.8) is 0 Å². The summed E-state index contributed by atoms with van der Waals surface area (Å²) in [6.45, 7) is 0.377. The predicted octanol–water partition coefficient (Wildman–Crippen LogP) is 4.00. The minimum atomic E-state index is -0.780. The molecule has 2 atom stereocenters. The standard InChI is InChI=1S/C19H17F2N7/c20-11-5-10(12-1-3-22-15(12)6-11)9-24-19-23-4-2-17(26-19)25-18-8-16(27-28-18)13-7-14(13)21/h1-6,8,13-14,22H,7,9H2,(H3,23,24,25,26,27,28)/t13-,14-/m0/s1. The quantitative estimate of drug-likeness (QED) is 0.405. The van der Waals surface area contributed by atoms with Gasteiger partial charge in [0.15, 0.2) is 5.82 Å².